The quantitative estimate of drug-likeness (QED) is 0.859. The molecule has 0 amide bonds. The first-order valence-electron chi connectivity index (χ1n) is 7.61. The molecule has 0 saturated heterocycles. The van der Waals surface area contributed by atoms with Crippen molar-refractivity contribution in [3.63, 3.8) is 0 Å². The summed E-state index contributed by atoms with van der Waals surface area (Å²) in [5.74, 6) is 0.371. The van der Waals surface area contributed by atoms with Crippen molar-refractivity contribution in [2.75, 3.05) is 13.7 Å². The van der Waals surface area contributed by atoms with Gasteiger partial charge < -0.3 is 10.1 Å². The Bertz CT molecular complexity index is 441. The number of nitrogens with one attached hydrogen (secondary N) is 1. The molecule has 112 valence electrons. The van der Waals surface area contributed by atoms with Gasteiger partial charge in [-0.3, -0.25) is 0 Å². The molecule has 0 aliphatic heterocycles. The molecule has 1 aromatic rings. The van der Waals surface area contributed by atoms with Crippen LogP contribution in [0.15, 0.2) is 18.2 Å². The monoisotopic (exact) mass is 279 g/mol. The molecule has 2 rings (SSSR count). The Hall–Kier alpha value is -1.09. The number of halogens is 1. The maximum Gasteiger partial charge on any atom is 0.131 e. The fraction of sp³-hybridized carbons (Fsp3) is 0.647. The first-order valence-corrected chi connectivity index (χ1v) is 7.61. The van der Waals surface area contributed by atoms with E-state index in [1.807, 2.05) is 19.1 Å². The fourth-order valence-electron chi connectivity index (χ4n) is 3.08. The van der Waals surface area contributed by atoms with Gasteiger partial charge in [-0.1, -0.05) is 32.3 Å². The Balaban J connectivity index is 1.96. The van der Waals surface area contributed by atoms with Gasteiger partial charge in [0.05, 0.1) is 7.11 Å². The Morgan fingerprint density at radius 2 is 2.00 bits per heavy atom. The van der Waals surface area contributed by atoms with Gasteiger partial charge in [0.1, 0.15) is 11.6 Å². The Labute approximate surface area is 121 Å². The summed E-state index contributed by atoms with van der Waals surface area (Å²) in [4.78, 5) is 0. The van der Waals surface area contributed by atoms with Crippen LogP contribution in [0.3, 0.4) is 0 Å². The SMILES string of the molecule is COc1ccc(C(C)NCC2(C)CCCCC2)c(F)c1. The van der Waals surface area contributed by atoms with E-state index < -0.39 is 0 Å². The highest BCUT2D eigenvalue weighted by molar-refractivity contribution is 5.30. The van der Waals surface area contributed by atoms with Crippen LogP contribution in [0.25, 0.3) is 0 Å². The number of benzene rings is 1. The van der Waals surface area contributed by atoms with Crippen molar-refractivity contribution >= 4 is 0 Å². The van der Waals surface area contributed by atoms with Gasteiger partial charge in [0.25, 0.3) is 0 Å². The van der Waals surface area contributed by atoms with E-state index in [9.17, 15) is 4.39 Å². The van der Waals surface area contributed by atoms with Crippen molar-refractivity contribution in [1.29, 1.82) is 0 Å². The Morgan fingerprint density at radius 1 is 1.30 bits per heavy atom. The van der Waals surface area contributed by atoms with Crippen molar-refractivity contribution in [3.8, 4) is 5.75 Å². The van der Waals surface area contributed by atoms with Gasteiger partial charge in [-0.15, -0.1) is 0 Å². The highest BCUT2D eigenvalue weighted by atomic mass is 19.1. The second-order valence-electron chi connectivity index (χ2n) is 6.36. The number of hydrogen-bond donors (Lipinski definition) is 1. The summed E-state index contributed by atoms with van der Waals surface area (Å²) >= 11 is 0. The van der Waals surface area contributed by atoms with Crippen LogP contribution in [-0.2, 0) is 0 Å². The highest BCUT2D eigenvalue weighted by Gasteiger charge is 2.27. The molecule has 1 unspecified atom stereocenters. The maximum atomic E-state index is 14.0. The first kappa shape index (κ1) is 15.3. The summed E-state index contributed by atoms with van der Waals surface area (Å²) < 4.78 is 19.1. The maximum absolute atomic E-state index is 14.0. The van der Waals surface area contributed by atoms with Gasteiger partial charge in [0.15, 0.2) is 0 Å². The van der Waals surface area contributed by atoms with Crippen LogP contribution >= 0.6 is 0 Å². The Morgan fingerprint density at radius 3 is 2.60 bits per heavy atom. The zero-order valence-corrected chi connectivity index (χ0v) is 12.8. The smallest absolute Gasteiger partial charge is 0.131 e. The van der Waals surface area contributed by atoms with Crippen LogP contribution in [0.2, 0.25) is 0 Å². The van der Waals surface area contributed by atoms with E-state index >= 15 is 0 Å². The molecule has 2 nitrogen and oxygen atoms in total. The summed E-state index contributed by atoms with van der Waals surface area (Å²) in [6, 6.07) is 5.11. The van der Waals surface area contributed by atoms with E-state index in [1.54, 1.807) is 7.11 Å². The van der Waals surface area contributed by atoms with Gasteiger partial charge in [-0.2, -0.15) is 0 Å². The van der Waals surface area contributed by atoms with Crippen molar-refractivity contribution in [2.45, 2.75) is 52.0 Å². The van der Waals surface area contributed by atoms with Crippen LogP contribution < -0.4 is 10.1 Å². The minimum Gasteiger partial charge on any atom is -0.497 e. The summed E-state index contributed by atoms with van der Waals surface area (Å²) in [6.45, 7) is 5.33. The van der Waals surface area contributed by atoms with Gasteiger partial charge in [-0.25, -0.2) is 4.39 Å². The molecule has 1 N–H and O–H groups in total. The molecule has 1 saturated carbocycles. The number of hydrogen-bond acceptors (Lipinski definition) is 2. The predicted molar refractivity (Wildman–Crippen MR) is 80.6 cm³/mol. The van der Waals surface area contributed by atoms with Crippen molar-refractivity contribution in [1.82, 2.24) is 5.32 Å². The molecule has 0 bridgehead atoms. The zero-order chi connectivity index (χ0) is 14.6. The third-order valence-corrected chi connectivity index (χ3v) is 4.57. The lowest BCUT2D eigenvalue weighted by Crippen LogP contribution is -2.35. The molecule has 20 heavy (non-hydrogen) atoms. The van der Waals surface area contributed by atoms with E-state index in [4.69, 9.17) is 4.74 Å². The molecule has 1 aromatic carbocycles. The van der Waals surface area contributed by atoms with Crippen LogP contribution in [0.5, 0.6) is 5.75 Å². The van der Waals surface area contributed by atoms with Crippen LogP contribution in [-0.4, -0.2) is 13.7 Å². The number of ether oxygens (including phenoxy) is 1. The molecular formula is C17H26FNO. The Kier molecular flexibility index (Phi) is 5.03. The minimum absolute atomic E-state index is 0.0275. The lowest BCUT2D eigenvalue weighted by atomic mass is 9.75. The van der Waals surface area contributed by atoms with E-state index in [-0.39, 0.29) is 11.9 Å². The summed E-state index contributed by atoms with van der Waals surface area (Å²) in [6.07, 6.45) is 6.56. The second-order valence-corrected chi connectivity index (χ2v) is 6.36. The first-order chi connectivity index (χ1) is 9.54. The topological polar surface area (TPSA) is 21.3 Å². The van der Waals surface area contributed by atoms with Crippen molar-refractivity contribution < 1.29 is 9.13 Å². The molecule has 1 aliphatic rings. The third-order valence-electron chi connectivity index (χ3n) is 4.57. The van der Waals surface area contributed by atoms with E-state index in [0.29, 0.717) is 16.7 Å². The summed E-state index contributed by atoms with van der Waals surface area (Å²) in [7, 11) is 1.56. The van der Waals surface area contributed by atoms with Crippen LogP contribution in [0.4, 0.5) is 4.39 Å². The lowest BCUT2D eigenvalue weighted by molar-refractivity contribution is 0.201. The van der Waals surface area contributed by atoms with Crippen molar-refractivity contribution in [2.24, 2.45) is 5.41 Å². The highest BCUT2D eigenvalue weighted by Crippen LogP contribution is 2.35. The molecule has 0 spiro atoms. The zero-order valence-electron chi connectivity index (χ0n) is 12.8. The fourth-order valence-corrected chi connectivity index (χ4v) is 3.08. The van der Waals surface area contributed by atoms with Gasteiger partial charge in [0, 0.05) is 24.2 Å². The van der Waals surface area contributed by atoms with E-state index in [0.717, 1.165) is 6.54 Å². The van der Waals surface area contributed by atoms with E-state index in [1.165, 1.54) is 38.2 Å². The summed E-state index contributed by atoms with van der Waals surface area (Å²) in [5, 5.41) is 3.51. The average Bonchev–Trinajstić information content (AvgIpc) is 2.45. The molecule has 1 atom stereocenters. The molecule has 0 aromatic heterocycles. The second kappa shape index (κ2) is 6.57. The van der Waals surface area contributed by atoms with Crippen molar-refractivity contribution in [3.05, 3.63) is 29.6 Å². The standard InChI is InChI=1S/C17H26FNO/c1-13(15-8-7-14(20-3)11-16(15)18)19-12-17(2)9-5-4-6-10-17/h7-8,11,13,19H,4-6,9-10,12H2,1-3H3. The average molecular weight is 279 g/mol. The van der Waals surface area contributed by atoms with Gasteiger partial charge in [-0.05, 0) is 31.2 Å². The summed E-state index contributed by atoms with van der Waals surface area (Å²) in [5.41, 5.74) is 1.08. The molecule has 0 heterocycles. The predicted octanol–water partition coefficient (Wildman–Crippen LogP) is 4.46. The van der Waals surface area contributed by atoms with E-state index in [2.05, 4.69) is 12.2 Å². The lowest BCUT2D eigenvalue weighted by Gasteiger charge is -2.35. The largest absolute Gasteiger partial charge is 0.497 e. The van der Waals surface area contributed by atoms with Crippen LogP contribution in [0.1, 0.15) is 57.6 Å². The molecule has 0 radical (unpaired) electrons. The normalized spacial score (nSPS) is 19.6. The molecular weight excluding hydrogens is 253 g/mol. The third kappa shape index (κ3) is 3.72. The van der Waals surface area contributed by atoms with Crippen LogP contribution in [0, 0.1) is 11.2 Å². The molecule has 1 fully saturated rings. The van der Waals surface area contributed by atoms with Gasteiger partial charge >= 0.3 is 0 Å². The molecule has 3 heteroatoms. The minimum atomic E-state index is -0.196. The number of rotatable bonds is 5. The van der Waals surface area contributed by atoms with Gasteiger partial charge in [0.2, 0.25) is 0 Å². The molecule has 1 aliphatic carbocycles. The number of methoxy groups -OCH3 is 1.